The van der Waals surface area contributed by atoms with E-state index in [9.17, 15) is 5.11 Å². The normalized spacial score (nSPS) is 11.7. The summed E-state index contributed by atoms with van der Waals surface area (Å²) in [5, 5.41) is 9.53. The first-order valence-electron chi connectivity index (χ1n) is 6.69. The number of methoxy groups -OCH3 is 1. The van der Waals surface area contributed by atoms with Crippen molar-refractivity contribution in [2.45, 2.75) is 0 Å². The van der Waals surface area contributed by atoms with Crippen LogP contribution in [-0.4, -0.2) is 22.2 Å². The predicted octanol–water partition coefficient (Wildman–Crippen LogP) is 3.66. The topological polar surface area (TPSA) is 68.4 Å². The fraction of sp³-hybridized carbons (Fsp3) is 0.0588. The molecule has 5 nitrogen and oxygen atoms in total. The molecule has 0 amide bonds. The van der Waals surface area contributed by atoms with Gasteiger partial charge in [0.1, 0.15) is 0 Å². The largest absolute Gasteiger partial charge is 0.504 e. The lowest BCUT2D eigenvalue weighted by atomic mass is 10.2. The number of nitrogens with zero attached hydrogens (tertiary/aromatic N) is 2. The predicted molar refractivity (Wildman–Crippen MR) is 84.5 cm³/mol. The second-order valence-electron chi connectivity index (χ2n) is 4.53. The molecule has 3 rings (SSSR count). The molecule has 0 aliphatic carbocycles. The summed E-state index contributed by atoms with van der Waals surface area (Å²) >= 11 is 0. The lowest BCUT2D eigenvalue weighted by molar-refractivity contribution is 0.373. The Morgan fingerprint density at radius 2 is 2.05 bits per heavy atom. The summed E-state index contributed by atoms with van der Waals surface area (Å²) < 4.78 is 10.6. The maximum absolute atomic E-state index is 9.53. The van der Waals surface area contributed by atoms with Crippen LogP contribution in [0.5, 0.6) is 11.5 Å². The van der Waals surface area contributed by atoms with Crippen LogP contribution in [0, 0.1) is 0 Å². The lowest BCUT2D eigenvalue weighted by Gasteiger charge is -2.03. The van der Waals surface area contributed by atoms with Crippen molar-refractivity contribution >= 4 is 23.4 Å². The van der Waals surface area contributed by atoms with Gasteiger partial charge in [0, 0.05) is 12.3 Å². The van der Waals surface area contributed by atoms with E-state index in [1.807, 2.05) is 24.3 Å². The quantitative estimate of drug-likeness (QED) is 0.744. The van der Waals surface area contributed by atoms with Crippen molar-refractivity contribution < 1.29 is 14.3 Å². The zero-order valence-electron chi connectivity index (χ0n) is 11.9. The van der Waals surface area contributed by atoms with Gasteiger partial charge in [-0.25, -0.2) is 4.98 Å². The van der Waals surface area contributed by atoms with Gasteiger partial charge in [-0.2, -0.15) is 4.98 Å². The number of phenols is 1. The van der Waals surface area contributed by atoms with Crippen molar-refractivity contribution in [1.29, 1.82) is 0 Å². The minimum atomic E-state index is 0.120. The molecule has 0 saturated heterocycles. The Kier molecular flexibility index (Phi) is 3.87. The number of fused-ring (bicyclic) bond motifs is 1. The van der Waals surface area contributed by atoms with Crippen LogP contribution in [0.15, 0.2) is 53.1 Å². The first-order valence-corrected chi connectivity index (χ1v) is 6.69. The summed E-state index contributed by atoms with van der Waals surface area (Å²) in [7, 11) is 1.52. The number of aromatic nitrogens is 2. The average Bonchev–Trinajstić information content (AvgIpc) is 2.95. The van der Waals surface area contributed by atoms with Crippen molar-refractivity contribution in [3.05, 3.63) is 60.1 Å². The third-order valence-electron chi connectivity index (χ3n) is 3.02. The van der Waals surface area contributed by atoms with Gasteiger partial charge in [-0.15, -0.1) is 0 Å². The zero-order chi connectivity index (χ0) is 15.4. The van der Waals surface area contributed by atoms with Crippen LogP contribution in [0.25, 0.3) is 23.4 Å². The second kappa shape index (κ2) is 6.13. The van der Waals surface area contributed by atoms with Crippen LogP contribution in [0.1, 0.15) is 11.5 Å². The zero-order valence-corrected chi connectivity index (χ0v) is 11.9. The van der Waals surface area contributed by atoms with Crippen LogP contribution in [0.3, 0.4) is 0 Å². The molecule has 0 atom stereocenters. The monoisotopic (exact) mass is 294 g/mol. The Balaban J connectivity index is 1.73. The highest BCUT2D eigenvalue weighted by Crippen LogP contribution is 2.26. The third-order valence-corrected chi connectivity index (χ3v) is 3.02. The SMILES string of the molecule is COc1cc(/C=C/C=C/c2nc3ncccc3o2)ccc1O. The van der Waals surface area contributed by atoms with Gasteiger partial charge in [-0.3, -0.25) is 0 Å². The molecule has 0 saturated carbocycles. The highest BCUT2D eigenvalue weighted by molar-refractivity contribution is 5.69. The van der Waals surface area contributed by atoms with E-state index < -0.39 is 0 Å². The Labute approximate surface area is 127 Å². The van der Waals surface area contributed by atoms with Gasteiger partial charge in [-0.05, 0) is 29.8 Å². The van der Waals surface area contributed by atoms with Crippen molar-refractivity contribution in [1.82, 2.24) is 9.97 Å². The molecule has 0 aliphatic heterocycles. The Bertz CT molecular complexity index is 817. The van der Waals surface area contributed by atoms with Gasteiger partial charge in [0.05, 0.1) is 7.11 Å². The van der Waals surface area contributed by atoms with E-state index in [4.69, 9.17) is 9.15 Å². The third kappa shape index (κ3) is 2.98. The molecule has 22 heavy (non-hydrogen) atoms. The molecule has 0 radical (unpaired) electrons. The number of pyridine rings is 1. The summed E-state index contributed by atoms with van der Waals surface area (Å²) in [6, 6.07) is 8.77. The summed E-state index contributed by atoms with van der Waals surface area (Å²) in [5.41, 5.74) is 2.17. The average molecular weight is 294 g/mol. The van der Waals surface area contributed by atoms with Crippen LogP contribution < -0.4 is 4.74 Å². The van der Waals surface area contributed by atoms with E-state index in [2.05, 4.69) is 9.97 Å². The molecule has 110 valence electrons. The van der Waals surface area contributed by atoms with Crippen LogP contribution >= 0.6 is 0 Å². The molecule has 1 N–H and O–H groups in total. The van der Waals surface area contributed by atoms with Crippen LogP contribution in [0.2, 0.25) is 0 Å². The highest BCUT2D eigenvalue weighted by atomic mass is 16.5. The molecule has 0 unspecified atom stereocenters. The summed E-state index contributed by atoms with van der Waals surface area (Å²) in [6.07, 6.45) is 9.00. The molecule has 2 heterocycles. The number of ether oxygens (including phenoxy) is 1. The van der Waals surface area contributed by atoms with Gasteiger partial charge in [0.15, 0.2) is 22.7 Å². The van der Waals surface area contributed by atoms with Gasteiger partial charge in [0.25, 0.3) is 0 Å². The molecule has 0 fully saturated rings. The maximum atomic E-state index is 9.53. The minimum absolute atomic E-state index is 0.120. The van der Waals surface area contributed by atoms with Crippen LogP contribution in [-0.2, 0) is 0 Å². The van der Waals surface area contributed by atoms with Gasteiger partial charge < -0.3 is 14.3 Å². The molecule has 0 bridgehead atoms. The number of hydrogen-bond acceptors (Lipinski definition) is 5. The molecule has 0 spiro atoms. The highest BCUT2D eigenvalue weighted by Gasteiger charge is 2.02. The number of rotatable bonds is 4. The summed E-state index contributed by atoms with van der Waals surface area (Å²) in [6.45, 7) is 0. The van der Waals surface area contributed by atoms with Gasteiger partial charge >= 0.3 is 0 Å². The molecule has 1 aromatic carbocycles. The van der Waals surface area contributed by atoms with Gasteiger partial charge in [-0.1, -0.05) is 24.3 Å². The molecule has 2 aromatic heterocycles. The number of benzene rings is 1. The maximum Gasteiger partial charge on any atom is 0.221 e. The fourth-order valence-corrected chi connectivity index (χ4v) is 1.96. The van der Waals surface area contributed by atoms with E-state index in [0.29, 0.717) is 22.9 Å². The molecular weight excluding hydrogens is 280 g/mol. The Morgan fingerprint density at radius 1 is 1.18 bits per heavy atom. The van der Waals surface area contributed by atoms with Crippen LogP contribution in [0.4, 0.5) is 0 Å². The van der Waals surface area contributed by atoms with Gasteiger partial charge in [0.2, 0.25) is 5.89 Å². The Hall–Kier alpha value is -3.08. The van der Waals surface area contributed by atoms with Crippen molar-refractivity contribution in [3.8, 4) is 11.5 Å². The first-order chi connectivity index (χ1) is 10.8. The number of allylic oxidation sites excluding steroid dienone is 2. The number of hydrogen-bond donors (Lipinski definition) is 1. The van der Waals surface area contributed by atoms with E-state index >= 15 is 0 Å². The van der Waals surface area contributed by atoms with E-state index in [1.165, 1.54) is 7.11 Å². The molecule has 5 heteroatoms. The molecule has 0 aliphatic rings. The van der Waals surface area contributed by atoms with Crippen molar-refractivity contribution in [2.24, 2.45) is 0 Å². The number of phenolic OH excluding ortho intramolecular Hbond substituents is 1. The fourth-order valence-electron chi connectivity index (χ4n) is 1.96. The van der Waals surface area contributed by atoms with E-state index in [0.717, 1.165) is 5.56 Å². The lowest BCUT2D eigenvalue weighted by Crippen LogP contribution is -1.83. The minimum Gasteiger partial charge on any atom is -0.504 e. The van der Waals surface area contributed by atoms with E-state index in [-0.39, 0.29) is 5.75 Å². The number of aromatic hydroxyl groups is 1. The first kappa shape index (κ1) is 13.9. The summed E-state index contributed by atoms with van der Waals surface area (Å²) in [5.74, 6) is 1.06. The van der Waals surface area contributed by atoms with E-state index in [1.54, 1.807) is 36.5 Å². The van der Waals surface area contributed by atoms with Crippen molar-refractivity contribution in [3.63, 3.8) is 0 Å². The molecular formula is C17H14N2O3. The standard InChI is InChI=1S/C17H14N2O3/c1-21-15-11-12(8-9-13(15)20)5-2-3-7-16-19-17-14(22-16)6-4-10-18-17/h2-11,20H,1H3/b5-2+,7-3+. The summed E-state index contributed by atoms with van der Waals surface area (Å²) in [4.78, 5) is 8.36. The van der Waals surface area contributed by atoms with Crippen molar-refractivity contribution in [2.75, 3.05) is 7.11 Å². The smallest absolute Gasteiger partial charge is 0.221 e. The second-order valence-corrected chi connectivity index (χ2v) is 4.53. The molecule has 3 aromatic rings. The number of oxazole rings is 1. The Morgan fingerprint density at radius 3 is 2.86 bits per heavy atom.